The van der Waals surface area contributed by atoms with E-state index in [1.807, 2.05) is 0 Å². The Labute approximate surface area is 420 Å². The third kappa shape index (κ3) is 7.63. The molecule has 1 heterocycles. The number of rotatable bonds is 10. The predicted molar refractivity (Wildman–Crippen MR) is 306 cm³/mol. The van der Waals surface area contributed by atoms with Crippen LogP contribution < -0.4 is 4.90 Å². The van der Waals surface area contributed by atoms with Gasteiger partial charge < -0.3 is 9.47 Å². The molecule has 0 amide bonds. The lowest BCUT2D eigenvalue weighted by atomic mass is 9.90. The van der Waals surface area contributed by atoms with Gasteiger partial charge in [0.1, 0.15) is 0 Å². The van der Waals surface area contributed by atoms with Crippen LogP contribution in [0.2, 0.25) is 0 Å². The maximum atomic E-state index is 2.48. The number of benzene rings is 12. The Kier molecular flexibility index (Phi) is 10.9. The molecular weight excluding hydrogens is 869 g/mol. The van der Waals surface area contributed by atoms with Gasteiger partial charge in [0.15, 0.2) is 0 Å². The van der Waals surface area contributed by atoms with Crippen LogP contribution in [0.25, 0.3) is 105 Å². The second-order valence-corrected chi connectivity index (χ2v) is 18.4. The summed E-state index contributed by atoms with van der Waals surface area (Å²) < 4.78 is 2.41. The Balaban J connectivity index is 1.01. The minimum absolute atomic E-state index is 1.06. The first kappa shape index (κ1) is 42.6. The number of para-hydroxylation sites is 4. The largest absolute Gasteiger partial charge is 0.309 e. The fourth-order valence-corrected chi connectivity index (χ4v) is 10.9. The highest BCUT2D eigenvalue weighted by atomic mass is 15.1. The zero-order valence-electron chi connectivity index (χ0n) is 39.6. The molecule has 0 N–H and O–H groups in total. The Morgan fingerprint density at radius 1 is 0.250 bits per heavy atom. The zero-order valence-corrected chi connectivity index (χ0v) is 39.6. The number of hydrogen-bond donors (Lipinski definition) is 0. The molecule has 0 fully saturated rings. The van der Waals surface area contributed by atoms with Gasteiger partial charge in [0.25, 0.3) is 0 Å². The highest BCUT2D eigenvalue weighted by Crippen LogP contribution is 2.48. The van der Waals surface area contributed by atoms with Crippen LogP contribution in [0.4, 0.5) is 17.1 Å². The van der Waals surface area contributed by atoms with Crippen LogP contribution in [-0.2, 0) is 0 Å². The third-order valence-corrected chi connectivity index (χ3v) is 14.2. The van der Waals surface area contributed by atoms with Crippen LogP contribution in [0, 0.1) is 0 Å². The van der Waals surface area contributed by atoms with Crippen molar-refractivity contribution >= 4 is 49.6 Å². The lowest BCUT2D eigenvalue weighted by molar-refractivity contribution is 1.18. The molecule has 0 unspecified atom stereocenters. The number of hydrogen-bond acceptors (Lipinski definition) is 1. The summed E-state index contributed by atoms with van der Waals surface area (Å²) in [6.07, 6.45) is 0. The number of nitrogens with zero attached hydrogens (tertiary/aromatic N) is 2. The molecular formula is C70H48N2. The minimum atomic E-state index is 1.06. The first-order valence-electron chi connectivity index (χ1n) is 24.8. The Hall–Kier alpha value is -9.50. The quantitative estimate of drug-likeness (QED) is 0.133. The standard InChI is InChI=1S/C70H48N2/c1-5-21-50(22-6-1)58-45-41-54(47-65(58)52-25-9-3-10-26-52)49-39-43-57(44-40-49)71(68-38-18-15-33-62(68)64-35-20-28-53-27-19-34-60(70(53)64)51-23-7-2-8-24-51)66-36-16-13-31-59(66)55-42-46-63-61-32-14-17-37-67(61)72(69(63)48-55)56-29-11-4-12-30-56/h1-48H. The Morgan fingerprint density at radius 3 is 1.44 bits per heavy atom. The van der Waals surface area contributed by atoms with Crippen molar-refractivity contribution in [1.29, 1.82) is 0 Å². The van der Waals surface area contributed by atoms with E-state index < -0.39 is 0 Å². The van der Waals surface area contributed by atoms with Crippen LogP contribution in [0.15, 0.2) is 291 Å². The SMILES string of the molecule is c1ccc(-c2ccc(-c3ccc(N(c4ccccc4-c4ccc5c6ccccc6n(-c6ccccc6)c5c4)c4ccccc4-c4cccc5cccc(-c6ccccc6)c45)cc3)cc2-c2ccccc2)cc1. The monoisotopic (exact) mass is 916 g/mol. The van der Waals surface area contributed by atoms with Crippen LogP contribution >= 0.6 is 0 Å². The summed E-state index contributed by atoms with van der Waals surface area (Å²) in [6.45, 7) is 0. The fourth-order valence-electron chi connectivity index (χ4n) is 10.9. The average molecular weight is 917 g/mol. The molecule has 338 valence electrons. The van der Waals surface area contributed by atoms with Gasteiger partial charge in [-0.25, -0.2) is 0 Å². The molecule has 0 bridgehead atoms. The van der Waals surface area contributed by atoms with Crippen molar-refractivity contribution in [1.82, 2.24) is 4.57 Å². The summed E-state index contributed by atoms with van der Waals surface area (Å²) in [5, 5.41) is 4.90. The number of aromatic nitrogens is 1. The van der Waals surface area contributed by atoms with E-state index in [9.17, 15) is 0 Å². The Bertz CT molecular complexity index is 4060. The molecule has 0 aliphatic heterocycles. The van der Waals surface area contributed by atoms with Crippen LogP contribution in [0.1, 0.15) is 0 Å². The molecule has 13 rings (SSSR count). The topological polar surface area (TPSA) is 8.17 Å². The molecule has 13 aromatic rings. The van der Waals surface area contributed by atoms with Gasteiger partial charge in [0, 0.05) is 33.3 Å². The molecule has 0 saturated heterocycles. The molecule has 0 saturated carbocycles. The van der Waals surface area contributed by atoms with Crippen LogP contribution in [-0.4, -0.2) is 4.57 Å². The fraction of sp³-hybridized carbons (Fsp3) is 0. The van der Waals surface area contributed by atoms with E-state index in [-0.39, 0.29) is 0 Å². The molecule has 2 heteroatoms. The van der Waals surface area contributed by atoms with Crippen molar-refractivity contribution in [3.8, 4) is 72.4 Å². The van der Waals surface area contributed by atoms with Crippen molar-refractivity contribution in [3.63, 3.8) is 0 Å². The first-order valence-corrected chi connectivity index (χ1v) is 24.8. The average Bonchev–Trinajstić information content (AvgIpc) is 3.80. The highest BCUT2D eigenvalue weighted by Gasteiger charge is 2.23. The molecule has 2 nitrogen and oxygen atoms in total. The van der Waals surface area contributed by atoms with E-state index >= 15 is 0 Å². The molecule has 0 aliphatic carbocycles. The lowest BCUT2D eigenvalue weighted by Crippen LogP contribution is -2.12. The summed E-state index contributed by atoms with van der Waals surface area (Å²) in [5.74, 6) is 0. The van der Waals surface area contributed by atoms with Gasteiger partial charge in [-0.2, -0.15) is 0 Å². The van der Waals surface area contributed by atoms with Crippen molar-refractivity contribution in [2.75, 3.05) is 4.90 Å². The van der Waals surface area contributed by atoms with Gasteiger partial charge in [0.05, 0.1) is 22.4 Å². The second kappa shape index (κ2) is 18.4. The normalized spacial score (nSPS) is 11.3. The molecule has 72 heavy (non-hydrogen) atoms. The number of fused-ring (bicyclic) bond motifs is 4. The molecule has 0 radical (unpaired) electrons. The van der Waals surface area contributed by atoms with E-state index in [2.05, 4.69) is 301 Å². The maximum Gasteiger partial charge on any atom is 0.0547 e. The third-order valence-electron chi connectivity index (χ3n) is 14.2. The van der Waals surface area contributed by atoms with E-state index in [1.165, 1.54) is 77.1 Å². The van der Waals surface area contributed by atoms with Gasteiger partial charge in [0.2, 0.25) is 0 Å². The van der Waals surface area contributed by atoms with E-state index in [0.717, 1.165) is 45.0 Å². The van der Waals surface area contributed by atoms with Gasteiger partial charge in [-0.3, -0.25) is 0 Å². The summed E-state index contributed by atoms with van der Waals surface area (Å²) >= 11 is 0. The summed E-state index contributed by atoms with van der Waals surface area (Å²) in [7, 11) is 0. The highest BCUT2D eigenvalue weighted by molar-refractivity contribution is 6.12. The molecule has 0 aliphatic rings. The van der Waals surface area contributed by atoms with Gasteiger partial charge in [-0.05, 0) is 121 Å². The number of anilines is 3. The van der Waals surface area contributed by atoms with Crippen molar-refractivity contribution in [2.45, 2.75) is 0 Å². The van der Waals surface area contributed by atoms with E-state index in [1.54, 1.807) is 0 Å². The van der Waals surface area contributed by atoms with Gasteiger partial charge in [-0.15, -0.1) is 0 Å². The zero-order chi connectivity index (χ0) is 47.8. The molecule has 0 spiro atoms. The van der Waals surface area contributed by atoms with E-state index in [4.69, 9.17) is 0 Å². The summed E-state index contributed by atoms with van der Waals surface area (Å²) in [4.78, 5) is 2.48. The lowest BCUT2D eigenvalue weighted by Gasteiger charge is -2.30. The van der Waals surface area contributed by atoms with Crippen molar-refractivity contribution in [3.05, 3.63) is 291 Å². The summed E-state index contributed by atoms with van der Waals surface area (Å²) in [6, 6.07) is 106. The van der Waals surface area contributed by atoms with Gasteiger partial charge in [-0.1, -0.05) is 237 Å². The smallest absolute Gasteiger partial charge is 0.0547 e. The van der Waals surface area contributed by atoms with Gasteiger partial charge >= 0.3 is 0 Å². The Morgan fingerprint density at radius 2 is 0.750 bits per heavy atom. The molecule has 1 aromatic heterocycles. The first-order chi connectivity index (χ1) is 35.7. The van der Waals surface area contributed by atoms with Crippen molar-refractivity contribution < 1.29 is 0 Å². The van der Waals surface area contributed by atoms with Crippen LogP contribution in [0.3, 0.4) is 0 Å². The predicted octanol–water partition coefficient (Wildman–Crippen LogP) is 19.4. The summed E-state index contributed by atoms with van der Waals surface area (Å²) in [5.41, 5.74) is 20.9. The molecule has 12 aromatic carbocycles. The minimum Gasteiger partial charge on any atom is -0.309 e. The van der Waals surface area contributed by atoms with E-state index in [0.29, 0.717) is 0 Å². The van der Waals surface area contributed by atoms with Crippen LogP contribution in [0.5, 0.6) is 0 Å². The van der Waals surface area contributed by atoms with Crippen molar-refractivity contribution in [2.24, 2.45) is 0 Å². The molecule has 0 atom stereocenters. The maximum absolute atomic E-state index is 2.48. The second-order valence-electron chi connectivity index (χ2n) is 18.4.